The van der Waals surface area contributed by atoms with Crippen LogP contribution in [-0.2, 0) is 9.59 Å². The Kier molecular flexibility index (Phi) is 4.54. The topological polar surface area (TPSA) is 49.4 Å². The molecule has 0 aromatic carbocycles. The van der Waals surface area contributed by atoms with Crippen LogP contribution in [0.1, 0.15) is 39.5 Å². The van der Waals surface area contributed by atoms with Crippen molar-refractivity contribution in [1.82, 2.24) is 10.2 Å². The van der Waals surface area contributed by atoms with E-state index in [9.17, 15) is 9.59 Å². The third-order valence-electron chi connectivity index (χ3n) is 3.89. The maximum Gasteiger partial charge on any atom is 0.246 e. The number of rotatable bonds is 3. The van der Waals surface area contributed by atoms with Crippen molar-refractivity contribution < 1.29 is 9.59 Å². The minimum absolute atomic E-state index is 0.0298. The smallest absolute Gasteiger partial charge is 0.246 e. The van der Waals surface area contributed by atoms with Gasteiger partial charge in [0.1, 0.15) is 12.1 Å². The highest BCUT2D eigenvalue weighted by Gasteiger charge is 2.42. The van der Waals surface area contributed by atoms with E-state index in [2.05, 4.69) is 5.32 Å². The Bertz CT molecular complexity index is 329. The van der Waals surface area contributed by atoms with Gasteiger partial charge in [0.15, 0.2) is 0 Å². The Balaban J connectivity index is 2.19. The van der Waals surface area contributed by atoms with Crippen LogP contribution in [0, 0.1) is 0 Å². The van der Waals surface area contributed by atoms with Gasteiger partial charge in [0, 0.05) is 6.04 Å². The molecule has 0 aromatic rings. The largest absolute Gasteiger partial charge is 0.343 e. The molecule has 0 aromatic heterocycles. The maximum absolute atomic E-state index is 12.5. The predicted octanol–water partition coefficient (Wildman–Crippen LogP) is 1.40. The van der Waals surface area contributed by atoms with E-state index in [1.165, 1.54) is 0 Å². The number of hydrogen-bond donors (Lipinski definition) is 1. The van der Waals surface area contributed by atoms with Crippen molar-refractivity contribution in [2.75, 3.05) is 11.5 Å². The highest BCUT2D eigenvalue weighted by molar-refractivity contribution is 7.99. The Hall–Kier alpha value is -0.710. The van der Waals surface area contributed by atoms with Crippen LogP contribution in [0.4, 0.5) is 0 Å². The lowest BCUT2D eigenvalue weighted by atomic mass is 9.98. The van der Waals surface area contributed by atoms with Gasteiger partial charge in [0.2, 0.25) is 11.8 Å². The van der Waals surface area contributed by atoms with Gasteiger partial charge in [-0.25, -0.2) is 0 Å². The SMILES string of the molecule is CCC1NC(=O)C(CC)N(C2CCSCC2)C1=O. The van der Waals surface area contributed by atoms with Crippen molar-refractivity contribution in [2.24, 2.45) is 0 Å². The summed E-state index contributed by atoms with van der Waals surface area (Å²) in [5.74, 6) is 2.36. The zero-order chi connectivity index (χ0) is 13.1. The monoisotopic (exact) mass is 270 g/mol. The molecule has 0 aliphatic carbocycles. The molecule has 0 radical (unpaired) electrons. The average molecular weight is 270 g/mol. The minimum Gasteiger partial charge on any atom is -0.343 e. The molecule has 2 rings (SSSR count). The van der Waals surface area contributed by atoms with E-state index in [0.29, 0.717) is 12.8 Å². The fourth-order valence-electron chi connectivity index (χ4n) is 2.85. The van der Waals surface area contributed by atoms with Crippen LogP contribution in [0.5, 0.6) is 0 Å². The summed E-state index contributed by atoms with van der Waals surface area (Å²) in [7, 11) is 0. The number of amides is 2. The zero-order valence-electron chi connectivity index (χ0n) is 11.1. The van der Waals surface area contributed by atoms with Gasteiger partial charge in [0.25, 0.3) is 0 Å². The molecular weight excluding hydrogens is 248 g/mol. The second kappa shape index (κ2) is 5.95. The Morgan fingerprint density at radius 3 is 2.44 bits per heavy atom. The second-order valence-corrected chi connectivity index (χ2v) is 6.21. The molecular formula is C13H22N2O2S. The van der Waals surface area contributed by atoms with Gasteiger partial charge < -0.3 is 10.2 Å². The number of carbonyl (C=O) groups excluding carboxylic acids is 2. The first-order valence-electron chi connectivity index (χ1n) is 6.89. The van der Waals surface area contributed by atoms with E-state index in [1.54, 1.807) is 0 Å². The minimum atomic E-state index is -0.310. The quantitative estimate of drug-likeness (QED) is 0.843. The number of thioether (sulfide) groups is 1. The second-order valence-electron chi connectivity index (χ2n) is 4.98. The van der Waals surface area contributed by atoms with Crippen LogP contribution < -0.4 is 5.32 Å². The summed E-state index contributed by atoms with van der Waals surface area (Å²) in [6, 6.07) is -0.299. The lowest BCUT2D eigenvalue weighted by Gasteiger charge is -2.44. The summed E-state index contributed by atoms with van der Waals surface area (Å²) >= 11 is 1.94. The van der Waals surface area contributed by atoms with Crippen molar-refractivity contribution >= 4 is 23.6 Å². The van der Waals surface area contributed by atoms with E-state index in [0.717, 1.165) is 24.3 Å². The molecule has 5 heteroatoms. The summed E-state index contributed by atoms with van der Waals surface area (Å²) in [6.45, 7) is 3.93. The first-order chi connectivity index (χ1) is 8.69. The van der Waals surface area contributed by atoms with Gasteiger partial charge in [0.05, 0.1) is 0 Å². The summed E-state index contributed by atoms with van der Waals surface area (Å²) < 4.78 is 0. The van der Waals surface area contributed by atoms with Gasteiger partial charge in [-0.3, -0.25) is 9.59 Å². The standard InChI is InChI=1S/C13H22N2O2S/c1-3-10-13(17)15(9-5-7-18-8-6-9)11(4-2)12(16)14-10/h9-11H,3-8H2,1-2H3,(H,14,16). The normalized spacial score (nSPS) is 30.4. The van der Waals surface area contributed by atoms with Gasteiger partial charge in [-0.2, -0.15) is 11.8 Å². The summed E-state index contributed by atoms with van der Waals surface area (Å²) in [6.07, 6.45) is 3.43. The fourth-order valence-corrected chi connectivity index (χ4v) is 3.93. The predicted molar refractivity (Wildman–Crippen MR) is 73.5 cm³/mol. The van der Waals surface area contributed by atoms with Crippen LogP contribution >= 0.6 is 11.8 Å². The molecule has 2 fully saturated rings. The highest BCUT2D eigenvalue weighted by Crippen LogP contribution is 2.27. The van der Waals surface area contributed by atoms with E-state index in [4.69, 9.17) is 0 Å². The van der Waals surface area contributed by atoms with Gasteiger partial charge >= 0.3 is 0 Å². The molecule has 1 N–H and O–H groups in total. The zero-order valence-corrected chi connectivity index (χ0v) is 12.0. The molecule has 2 aliphatic heterocycles. The molecule has 0 spiro atoms. The third-order valence-corrected chi connectivity index (χ3v) is 4.94. The van der Waals surface area contributed by atoms with Crippen molar-refractivity contribution in [2.45, 2.75) is 57.7 Å². The molecule has 2 atom stereocenters. The molecule has 2 unspecified atom stereocenters. The molecule has 102 valence electrons. The molecule has 0 bridgehead atoms. The van der Waals surface area contributed by atoms with Gasteiger partial charge in [-0.15, -0.1) is 0 Å². The summed E-state index contributed by atoms with van der Waals surface area (Å²) in [5.41, 5.74) is 0. The Morgan fingerprint density at radius 1 is 1.22 bits per heavy atom. The van der Waals surface area contributed by atoms with Crippen LogP contribution in [-0.4, -0.2) is 46.3 Å². The van der Waals surface area contributed by atoms with Crippen molar-refractivity contribution in [3.63, 3.8) is 0 Å². The first kappa shape index (κ1) is 13.7. The van der Waals surface area contributed by atoms with E-state index in [-0.39, 0.29) is 29.9 Å². The van der Waals surface area contributed by atoms with Crippen molar-refractivity contribution in [3.8, 4) is 0 Å². The first-order valence-corrected chi connectivity index (χ1v) is 8.04. The molecule has 0 saturated carbocycles. The molecule has 2 saturated heterocycles. The number of nitrogens with zero attached hydrogens (tertiary/aromatic N) is 1. The van der Waals surface area contributed by atoms with Crippen molar-refractivity contribution in [3.05, 3.63) is 0 Å². The molecule has 18 heavy (non-hydrogen) atoms. The molecule has 4 nitrogen and oxygen atoms in total. The Morgan fingerprint density at radius 2 is 1.89 bits per heavy atom. The van der Waals surface area contributed by atoms with E-state index >= 15 is 0 Å². The van der Waals surface area contributed by atoms with Crippen LogP contribution in [0.25, 0.3) is 0 Å². The Labute approximate surface area is 113 Å². The van der Waals surface area contributed by atoms with Crippen LogP contribution in [0.2, 0.25) is 0 Å². The molecule has 2 amide bonds. The number of piperazine rings is 1. The number of hydrogen-bond acceptors (Lipinski definition) is 3. The lowest BCUT2D eigenvalue weighted by Crippen LogP contribution is -2.65. The van der Waals surface area contributed by atoms with E-state index < -0.39 is 0 Å². The van der Waals surface area contributed by atoms with Gasteiger partial charge in [-0.05, 0) is 37.2 Å². The summed E-state index contributed by atoms with van der Waals surface area (Å²) in [5, 5.41) is 2.85. The van der Waals surface area contributed by atoms with Crippen LogP contribution in [0.3, 0.4) is 0 Å². The third kappa shape index (κ3) is 2.51. The van der Waals surface area contributed by atoms with Crippen molar-refractivity contribution in [1.29, 1.82) is 0 Å². The average Bonchev–Trinajstić information content (AvgIpc) is 2.41. The van der Waals surface area contributed by atoms with Gasteiger partial charge in [-0.1, -0.05) is 13.8 Å². The maximum atomic E-state index is 12.5. The number of nitrogens with one attached hydrogen (secondary N) is 1. The molecule has 2 aliphatic rings. The van der Waals surface area contributed by atoms with E-state index in [1.807, 2.05) is 30.5 Å². The summed E-state index contributed by atoms with van der Waals surface area (Å²) in [4.78, 5) is 26.5. The molecule has 2 heterocycles. The fraction of sp³-hybridized carbons (Fsp3) is 0.846. The highest BCUT2D eigenvalue weighted by atomic mass is 32.2. The lowest BCUT2D eigenvalue weighted by molar-refractivity contribution is -0.152. The number of carbonyl (C=O) groups is 2. The van der Waals surface area contributed by atoms with Crippen LogP contribution in [0.15, 0.2) is 0 Å².